The van der Waals surface area contributed by atoms with Crippen LogP contribution >= 0.6 is 0 Å². The number of hydrogen-bond donors (Lipinski definition) is 0. The van der Waals surface area contributed by atoms with Crippen LogP contribution in [0, 0.1) is 0 Å². The highest BCUT2D eigenvalue weighted by molar-refractivity contribution is 5.92. The second kappa shape index (κ2) is 7.78. The van der Waals surface area contributed by atoms with Crippen molar-refractivity contribution < 1.29 is 4.79 Å². The molecule has 0 bridgehead atoms. The average Bonchev–Trinajstić information content (AvgIpc) is 3.22. The summed E-state index contributed by atoms with van der Waals surface area (Å²) in [6.45, 7) is -0.0282. The van der Waals surface area contributed by atoms with Gasteiger partial charge in [0.1, 0.15) is 6.54 Å². The molecule has 0 N–H and O–H groups in total. The number of nitrogens with zero attached hydrogens (tertiary/aromatic N) is 3. The molecule has 1 fully saturated rings. The molecule has 6 heteroatoms. The van der Waals surface area contributed by atoms with Crippen molar-refractivity contribution in [3.63, 3.8) is 0 Å². The molecule has 1 heterocycles. The van der Waals surface area contributed by atoms with E-state index in [4.69, 9.17) is 0 Å². The molecule has 1 aromatic heterocycles. The number of fused-ring (bicyclic) bond motifs is 1. The maximum atomic E-state index is 13.3. The zero-order valence-corrected chi connectivity index (χ0v) is 16.4. The van der Waals surface area contributed by atoms with Crippen LogP contribution in [0.3, 0.4) is 0 Å². The normalized spacial score (nSPS) is 16.8. The van der Waals surface area contributed by atoms with Gasteiger partial charge in [-0.3, -0.25) is 18.7 Å². The molecule has 0 unspecified atom stereocenters. The van der Waals surface area contributed by atoms with Crippen molar-refractivity contribution in [1.82, 2.24) is 9.13 Å². The van der Waals surface area contributed by atoms with Gasteiger partial charge in [-0.2, -0.15) is 0 Å². The molecular formula is C22H27N3O3. The fourth-order valence-electron chi connectivity index (χ4n) is 4.60. The van der Waals surface area contributed by atoms with Gasteiger partial charge in [-0.15, -0.1) is 0 Å². The molecule has 2 aromatic rings. The molecule has 28 heavy (non-hydrogen) atoms. The van der Waals surface area contributed by atoms with Crippen LogP contribution in [-0.4, -0.2) is 22.1 Å². The van der Waals surface area contributed by atoms with E-state index in [9.17, 15) is 14.4 Å². The van der Waals surface area contributed by atoms with E-state index in [1.54, 1.807) is 16.5 Å². The Morgan fingerprint density at radius 1 is 1.04 bits per heavy atom. The molecule has 0 radical (unpaired) electrons. The monoisotopic (exact) mass is 381 g/mol. The first-order valence-electron chi connectivity index (χ1n) is 10.3. The number of carbonyl (C=O) groups is 1. The first-order chi connectivity index (χ1) is 13.6. The standard InChI is InChI=1S/C22H27N3O3/c1-23(16-9-4-2-5-10-16)20(26)15-24-19-14-8-13-18(19)21(27)25(22(24)28)17-11-6-3-7-12-17/h2,4-5,9-10,17H,3,6-8,11-15H2,1H3. The summed E-state index contributed by atoms with van der Waals surface area (Å²) in [6, 6.07) is 9.37. The van der Waals surface area contributed by atoms with E-state index in [0.717, 1.165) is 55.5 Å². The summed E-state index contributed by atoms with van der Waals surface area (Å²) in [5.41, 5.74) is 1.85. The highest BCUT2D eigenvalue weighted by Gasteiger charge is 2.28. The highest BCUT2D eigenvalue weighted by Crippen LogP contribution is 2.27. The van der Waals surface area contributed by atoms with Crippen LogP contribution in [0.5, 0.6) is 0 Å². The number of rotatable bonds is 4. The molecule has 0 saturated heterocycles. The van der Waals surface area contributed by atoms with Gasteiger partial charge in [0.25, 0.3) is 5.56 Å². The quantitative estimate of drug-likeness (QED) is 0.818. The van der Waals surface area contributed by atoms with Gasteiger partial charge in [0.05, 0.1) is 0 Å². The van der Waals surface area contributed by atoms with Crippen molar-refractivity contribution in [2.75, 3.05) is 11.9 Å². The van der Waals surface area contributed by atoms with Crippen LogP contribution < -0.4 is 16.1 Å². The van der Waals surface area contributed by atoms with Gasteiger partial charge >= 0.3 is 5.69 Å². The maximum absolute atomic E-state index is 13.3. The van der Waals surface area contributed by atoms with Gasteiger partial charge < -0.3 is 4.90 Å². The van der Waals surface area contributed by atoms with E-state index < -0.39 is 0 Å². The largest absolute Gasteiger partial charge is 0.331 e. The van der Waals surface area contributed by atoms with Gasteiger partial charge in [0.2, 0.25) is 5.91 Å². The molecule has 4 rings (SSSR count). The zero-order valence-electron chi connectivity index (χ0n) is 16.4. The van der Waals surface area contributed by atoms with Gasteiger partial charge in [-0.25, -0.2) is 4.79 Å². The molecule has 2 aliphatic rings. The third-order valence-electron chi connectivity index (χ3n) is 6.18. The van der Waals surface area contributed by atoms with Crippen molar-refractivity contribution in [1.29, 1.82) is 0 Å². The molecule has 0 atom stereocenters. The summed E-state index contributed by atoms with van der Waals surface area (Å²) in [7, 11) is 1.72. The Hall–Kier alpha value is -2.63. The predicted molar refractivity (Wildman–Crippen MR) is 109 cm³/mol. The van der Waals surface area contributed by atoms with Gasteiger partial charge in [-0.1, -0.05) is 37.5 Å². The predicted octanol–water partition coefficient (Wildman–Crippen LogP) is 2.67. The number of anilines is 1. The maximum Gasteiger partial charge on any atom is 0.331 e. The number of likely N-dealkylation sites (N-methyl/N-ethyl adjacent to an activating group) is 1. The number of para-hydroxylation sites is 1. The molecule has 1 saturated carbocycles. The number of amides is 1. The van der Waals surface area contributed by atoms with E-state index in [1.165, 1.54) is 4.57 Å². The third-order valence-corrected chi connectivity index (χ3v) is 6.18. The zero-order chi connectivity index (χ0) is 19.7. The Morgan fingerprint density at radius 2 is 1.75 bits per heavy atom. The number of benzene rings is 1. The van der Waals surface area contributed by atoms with Crippen LogP contribution in [0.15, 0.2) is 39.9 Å². The molecule has 148 valence electrons. The molecule has 2 aliphatic carbocycles. The fraction of sp³-hybridized carbons (Fsp3) is 0.500. The minimum Gasteiger partial charge on any atom is -0.314 e. The third kappa shape index (κ3) is 3.32. The van der Waals surface area contributed by atoms with Crippen molar-refractivity contribution in [3.8, 4) is 0 Å². The van der Waals surface area contributed by atoms with E-state index in [-0.39, 0.29) is 29.7 Å². The Balaban J connectivity index is 1.72. The lowest BCUT2D eigenvalue weighted by Crippen LogP contribution is -2.47. The Morgan fingerprint density at radius 3 is 2.46 bits per heavy atom. The van der Waals surface area contributed by atoms with Crippen LogP contribution in [0.2, 0.25) is 0 Å². The van der Waals surface area contributed by atoms with Crippen molar-refractivity contribution >= 4 is 11.6 Å². The fourth-order valence-corrected chi connectivity index (χ4v) is 4.60. The lowest BCUT2D eigenvalue weighted by molar-refractivity contribution is -0.119. The highest BCUT2D eigenvalue weighted by atomic mass is 16.2. The number of carbonyl (C=O) groups excluding carboxylic acids is 1. The van der Waals surface area contributed by atoms with Crippen LogP contribution in [0.25, 0.3) is 0 Å². The Kier molecular flexibility index (Phi) is 5.20. The molecular weight excluding hydrogens is 354 g/mol. The first-order valence-corrected chi connectivity index (χ1v) is 10.3. The molecule has 0 spiro atoms. The van der Waals surface area contributed by atoms with Crippen molar-refractivity contribution in [2.45, 2.75) is 64.0 Å². The average molecular weight is 381 g/mol. The summed E-state index contributed by atoms with van der Waals surface area (Å²) < 4.78 is 3.03. The SMILES string of the molecule is CN(C(=O)Cn1c2c(c(=O)n(C3CCCCC3)c1=O)CCC2)c1ccccc1. The van der Waals surface area contributed by atoms with Gasteiger partial charge in [0.15, 0.2) is 0 Å². The van der Waals surface area contributed by atoms with E-state index in [0.29, 0.717) is 12.8 Å². The molecule has 6 nitrogen and oxygen atoms in total. The minimum absolute atomic E-state index is 0.0282. The Labute approximate surface area is 164 Å². The van der Waals surface area contributed by atoms with E-state index >= 15 is 0 Å². The Bertz CT molecular complexity index is 985. The van der Waals surface area contributed by atoms with Crippen molar-refractivity contribution in [2.24, 2.45) is 0 Å². The van der Waals surface area contributed by atoms with Crippen molar-refractivity contribution in [3.05, 3.63) is 62.4 Å². The number of hydrogen-bond acceptors (Lipinski definition) is 3. The van der Waals surface area contributed by atoms with Crippen LogP contribution in [0.1, 0.15) is 55.8 Å². The summed E-state index contributed by atoms with van der Waals surface area (Å²) in [4.78, 5) is 40.8. The summed E-state index contributed by atoms with van der Waals surface area (Å²) in [5, 5.41) is 0. The summed E-state index contributed by atoms with van der Waals surface area (Å²) >= 11 is 0. The smallest absolute Gasteiger partial charge is 0.314 e. The molecule has 1 aromatic carbocycles. The molecule has 0 aliphatic heterocycles. The second-order valence-electron chi connectivity index (χ2n) is 7.90. The second-order valence-corrected chi connectivity index (χ2v) is 7.90. The lowest BCUT2D eigenvalue weighted by atomic mass is 9.95. The summed E-state index contributed by atoms with van der Waals surface area (Å²) in [6.07, 6.45) is 7.23. The van der Waals surface area contributed by atoms with E-state index in [1.807, 2.05) is 30.3 Å². The molecule has 1 amide bonds. The van der Waals surface area contributed by atoms with Gasteiger partial charge in [-0.05, 0) is 44.2 Å². The summed E-state index contributed by atoms with van der Waals surface area (Å²) in [5.74, 6) is -0.156. The van der Waals surface area contributed by atoms with E-state index in [2.05, 4.69) is 0 Å². The lowest BCUT2D eigenvalue weighted by Gasteiger charge is -2.26. The number of aromatic nitrogens is 2. The first kappa shape index (κ1) is 18.7. The topological polar surface area (TPSA) is 64.3 Å². The van der Waals surface area contributed by atoms with Crippen LogP contribution in [0.4, 0.5) is 5.69 Å². The van der Waals surface area contributed by atoms with Gasteiger partial charge in [0, 0.05) is 30.0 Å². The van der Waals surface area contributed by atoms with Crippen LogP contribution in [-0.2, 0) is 24.2 Å². The minimum atomic E-state index is -0.313.